The van der Waals surface area contributed by atoms with E-state index in [4.69, 9.17) is 11.6 Å². The summed E-state index contributed by atoms with van der Waals surface area (Å²) >= 11 is 6.11. The first-order valence-corrected chi connectivity index (χ1v) is 13.5. The highest BCUT2D eigenvalue weighted by molar-refractivity contribution is 6.31. The molecule has 4 aromatic rings. The lowest BCUT2D eigenvalue weighted by Crippen LogP contribution is -2.46. The number of aromatic amines is 1. The summed E-state index contributed by atoms with van der Waals surface area (Å²) in [7, 11) is 0. The molecule has 0 radical (unpaired) electrons. The summed E-state index contributed by atoms with van der Waals surface area (Å²) in [5, 5.41) is 0.616. The summed E-state index contributed by atoms with van der Waals surface area (Å²) in [5.41, 5.74) is 3.57. The van der Waals surface area contributed by atoms with Crippen LogP contribution in [0.15, 0.2) is 71.5 Å². The Labute approximate surface area is 219 Å². The first-order chi connectivity index (χ1) is 17.9. The van der Waals surface area contributed by atoms with E-state index in [2.05, 4.69) is 9.88 Å². The molecule has 37 heavy (non-hydrogen) atoms. The van der Waals surface area contributed by atoms with Gasteiger partial charge in [0.1, 0.15) is 11.6 Å². The smallest absolute Gasteiger partial charge is 0.305 e. The van der Waals surface area contributed by atoms with Crippen molar-refractivity contribution in [2.75, 3.05) is 13.1 Å². The zero-order valence-electron chi connectivity index (χ0n) is 20.6. The molecule has 4 nitrogen and oxygen atoms in total. The minimum atomic E-state index is -0.244. The number of rotatable bonds is 4. The van der Waals surface area contributed by atoms with E-state index >= 15 is 0 Å². The zero-order valence-corrected chi connectivity index (χ0v) is 21.4. The summed E-state index contributed by atoms with van der Waals surface area (Å²) in [6.45, 7) is 1.89. The number of halogens is 3. The van der Waals surface area contributed by atoms with Crippen LogP contribution in [0.2, 0.25) is 5.02 Å². The van der Waals surface area contributed by atoms with Crippen LogP contribution in [0, 0.1) is 11.6 Å². The second-order valence-electron chi connectivity index (χ2n) is 10.6. The van der Waals surface area contributed by atoms with Crippen molar-refractivity contribution in [2.24, 2.45) is 0 Å². The first kappa shape index (κ1) is 24.4. The number of aromatic nitrogens is 2. The number of fused-ring (bicyclic) bond motifs is 1. The average molecular weight is 522 g/mol. The van der Waals surface area contributed by atoms with Gasteiger partial charge in [0.2, 0.25) is 0 Å². The summed E-state index contributed by atoms with van der Waals surface area (Å²) in [6, 6.07) is 19.8. The largest absolute Gasteiger partial charge is 0.326 e. The molecule has 1 aliphatic heterocycles. The minimum Gasteiger partial charge on any atom is -0.305 e. The van der Waals surface area contributed by atoms with E-state index in [1.165, 1.54) is 24.3 Å². The predicted octanol–water partition coefficient (Wildman–Crippen LogP) is 6.83. The van der Waals surface area contributed by atoms with Gasteiger partial charge < -0.3 is 9.88 Å². The van der Waals surface area contributed by atoms with Crippen molar-refractivity contribution in [3.8, 4) is 0 Å². The molecule has 2 aliphatic rings. The lowest BCUT2D eigenvalue weighted by atomic mass is 9.64. The molecule has 0 bridgehead atoms. The van der Waals surface area contributed by atoms with E-state index < -0.39 is 0 Å². The van der Waals surface area contributed by atoms with Crippen molar-refractivity contribution >= 4 is 22.6 Å². The van der Waals surface area contributed by atoms with Crippen LogP contribution in [0.3, 0.4) is 0 Å². The Bertz CT molecular complexity index is 1400. The maximum Gasteiger partial charge on any atom is 0.326 e. The van der Waals surface area contributed by atoms with Gasteiger partial charge in [0, 0.05) is 35.6 Å². The van der Waals surface area contributed by atoms with Crippen LogP contribution in [0.5, 0.6) is 0 Å². The fourth-order valence-corrected chi connectivity index (χ4v) is 6.89. The number of benzene rings is 3. The van der Waals surface area contributed by atoms with Crippen molar-refractivity contribution in [1.82, 2.24) is 14.5 Å². The molecule has 1 N–H and O–H groups in total. The van der Waals surface area contributed by atoms with E-state index in [9.17, 15) is 13.6 Å². The van der Waals surface area contributed by atoms with Crippen LogP contribution in [-0.2, 0) is 5.41 Å². The Balaban J connectivity index is 1.17. The predicted molar refractivity (Wildman–Crippen MR) is 143 cm³/mol. The van der Waals surface area contributed by atoms with Gasteiger partial charge in [-0.1, -0.05) is 35.9 Å². The number of imidazole rings is 1. The van der Waals surface area contributed by atoms with Crippen LogP contribution in [0.1, 0.15) is 55.7 Å². The molecule has 6 rings (SSSR count). The highest BCUT2D eigenvalue weighted by atomic mass is 35.5. The minimum absolute atomic E-state index is 0.0724. The van der Waals surface area contributed by atoms with Gasteiger partial charge in [-0.05, 0) is 92.1 Å². The monoisotopic (exact) mass is 521 g/mol. The highest BCUT2D eigenvalue weighted by Gasteiger charge is 2.40. The maximum atomic E-state index is 13.7. The third-order valence-corrected chi connectivity index (χ3v) is 8.90. The molecule has 2 heterocycles. The zero-order chi connectivity index (χ0) is 25.6. The maximum absolute atomic E-state index is 13.7. The van der Waals surface area contributed by atoms with Crippen molar-refractivity contribution in [1.29, 1.82) is 0 Å². The Hall–Kier alpha value is -2.96. The number of piperidine rings is 1. The molecular formula is C30H30ClF2N3O. The molecular weight excluding hydrogens is 492 g/mol. The molecule has 0 unspecified atom stereocenters. The number of nitrogens with zero attached hydrogens (tertiary/aromatic N) is 2. The molecule has 7 heteroatoms. The van der Waals surface area contributed by atoms with Crippen LogP contribution in [0.25, 0.3) is 11.0 Å². The molecule has 2 fully saturated rings. The molecule has 1 saturated heterocycles. The van der Waals surface area contributed by atoms with Gasteiger partial charge in [0.15, 0.2) is 0 Å². The van der Waals surface area contributed by atoms with Crippen LogP contribution < -0.4 is 5.69 Å². The standard InChI is InChI=1S/C30H30ClF2N3O/c31-22-5-10-28-27(19-22)34-29(37)36(28)26-13-17-35(18-14-26)25-11-15-30(16-12-25,20-1-6-23(32)7-2-20)21-3-8-24(33)9-4-21/h1-10,19,25-26H,11-18H2,(H,34,37). The Morgan fingerprint density at radius 2 is 1.35 bits per heavy atom. The van der Waals surface area contributed by atoms with E-state index in [1.807, 2.05) is 41.0 Å². The van der Waals surface area contributed by atoms with E-state index in [0.29, 0.717) is 11.1 Å². The highest BCUT2D eigenvalue weighted by Crippen LogP contribution is 2.46. The topological polar surface area (TPSA) is 41.0 Å². The molecule has 0 spiro atoms. The molecule has 0 atom stereocenters. The van der Waals surface area contributed by atoms with Crippen LogP contribution in [0.4, 0.5) is 8.78 Å². The molecule has 1 aromatic heterocycles. The number of H-pyrrole nitrogens is 1. The second-order valence-corrected chi connectivity index (χ2v) is 11.0. The number of nitrogens with one attached hydrogen (secondary N) is 1. The molecule has 1 aliphatic carbocycles. The quantitative estimate of drug-likeness (QED) is 0.320. The lowest BCUT2D eigenvalue weighted by Gasteiger charge is -2.46. The van der Waals surface area contributed by atoms with Crippen molar-refractivity contribution in [3.05, 3.63) is 105 Å². The van der Waals surface area contributed by atoms with Gasteiger partial charge in [-0.3, -0.25) is 4.57 Å². The van der Waals surface area contributed by atoms with Crippen molar-refractivity contribution in [3.63, 3.8) is 0 Å². The average Bonchev–Trinajstić information content (AvgIpc) is 3.24. The fourth-order valence-electron chi connectivity index (χ4n) is 6.72. The van der Waals surface area contributed by atoms with Crippen LogP contribution in [-0.4, -0.2) is 33.6 Å². The summed E-state index contributed by atoms with van der Waals surface area (Å²) < 4.78 is 29.3. The van der Waals surface area contributed by atoms with E-state index in [-0.39, 0.29) is 28.8 Å². The van der Waals surface area contributed by atoms with Crippen LogP contribution >= 0.6 is 11.6 Å². The Morgan fingerprint density at radius 3 is 1.92 bits per heavy atom. The molecule has 192 valence electrons. The van der Waals surface area contributed by atoms with E-state index in [1.54, 1.807) is 6.07 Å². The van der Waals surface area contributed by atoms with Gasteiger partial charge in [-0.2, -0.15) is 0 Å². The third-order valence-electron chi connectivity index (χ3n) is 8.66. The van der Waals surface area contributed by atoms with Gasteiger partial charge in [-0.15, -0.1) is 0 Å². The van der Waals surface area contributed by atoms with Gasteiger partial charge >= 0.3 is 5.69 Å². The van der Waals surface area contributed by atoms with Crippen molar-refractivity contribution < 1.29 is 8.78 Å². The van der Waals surface area contributed by atoms with Gasteiger partial charge in [0.25, 0.3) is 0 Å². The van der Waals surface area contributed by atoms with Crippen molar-refractivity contribution in [2.45, 2.75) is 56.0 Å². The first-order valence-electron chi connectivity index (χ1n) is 13.1. The SMILES string of the molecule is O=c1[nH]c2cc(Cl)ccc2n1C1CCN(C2CCC(c3ccc(F)cc3)(c3ccc(F)cc3)CC2)CC1. The number of hydrogen-bond donors (Lipinski definition) is 1. The Morgan fingerprint density at radius 1 is 0.784 bits per heavy atom. The van der Waals surface area contributed by atoms with Gasteiger partial charge in [-0.25, -0.2) is 13.6 Å². The summed E-state index contributed by atoms with van der Waals surface area (Å²) in [4.78, 5) is 18.2. The third kappa shape index (κ3) is 4.51. The number of likely N-dealkylation sites (tertiary alicyclic amines) is 1. The van der Waals surface area contributed by atoms with Gasteiger partial charge in [0.05, 0.1) is 11.0 Å². The molecule has 1 saturated carbocycles. The molecule has 0 amide bonds. The fraction of sp³-hybridized carbons (Fsp3) is 0.367. The van der Waals surface area contributed by atoms with E-state index in [0.717, 1.165) is 73.8 Å². The summed E-state index contributed by atoms with van der Waals surface area (Å²) in [6.07, 6.45) is 5.74. The second kappa shape index (κ2) is 9.73. The lowest BCUT2D eigenvalue weighted by molar-refractivity contribution is 0.0948. The molecule has 3 aromatic carbocycles. The normalized spacial score (nSPS) is 19.4. The summed E-state index contributed by atoms with van der Waals surface area (Å²) in [5.74, 6) is -0.487. The Kier molecular flexibility index (Phi) is 6.41. The number of hydrogen-bond acceptors (Lipinski definition) is 2.